The number of rotatable bonds is 3. The lowest BCUT2D eigenvalue weighted by Crippen LogP contribution is -1.98. The van der Waals surface area contributed by atoms with Crippen LogP contribution in [-0.4, -0.2) is 5.11 Å². The van der Waals surface area contributed by atoms with Crippen molar-refractivity contribution >= 4 is 11.3 Å². The summed E-state index contributed by atoms with van der Waals surface area (Å²) in [4.78, 5) is 2.36. The van der Waals surface area contributed by atoms with Crippen LogP contribution < -0.4 is 0 Å². The highest BCUT2D eigenvalue weighted by Gasteiger charge is 2.13. The summed E-state index contributed by atoms with van der Waals surface area (Å²) < 4.78 is 0. The molecule has 1 aromatic heterocycles. The second-order valence-corrected chi connectivity index (χ2v) is 5.68. The van der Waals surface area contributed by atoms with Gasteiger partial charge in [0.15, 0.2) is 0 Å². The largest absolute Gasteiger partial charge is 0.383 e. The summed E-state index contributed by atoms with van der Waals surface area (Å²) >= 11 is 1.70. The lowest BCUT2D eigenvalue weighted by molar-refractivity contribution is 0.224. The topological polar surface area (TPSA) is 20.2 Å². The van der Waals surface area contributed by atoms with Gasteiger partial charge in [0.25, 0.3) is 0 Å². The third kappa shape index (κ3) is 2.76. The number of aliphatic hydroxyl groups is 1. The maximum atomic E-state index is 10.4. The van der Waals surface area contributed by atoms with Crippen molar-refractivity contribution in [2.24, 2.45) is 0 Å². The van der Waals surface area contributed by atoms with Gasteiger partial charge in [-0.25, -0.2) is 0 Å². The zero-order valence-electron chi connectivity index (χ0n) is 10.5. The normalized spacial score (nSPS) is 12.7. The Hall–Kier alpha value is -1.12. The number of thiophene rings is 1. The molecular weight excluding hydrogens is 228 g/mol. The molecule has 1 nitrogen and oxygen atoms in total. The molecule has 0 aliphatic carbocycles. The van der Waals surface area contributed by atoms with Gasteiger partial charge < -0.3 is 5.11 Å². The zero-order valence-corrected chi connectivity index (χ0v) is 11.3. The van der Waals surface area contributed by atoms with Crippen LogP contribution in [0.1, 0.15) is 39.5 Å². The second kappa shape index (κ2) is 5.03. The molecule has 1 heterocycles. The predicted molar refractivity (Wildman–Crippen MR) is 73.7 cm³/mol. The third-order valence-electron chi connectivity index (χ3n) is 2.86. The molecule has 2 rings (SSSR count). The molecule has 0 radical (unpaired) electrons. The molecule has 0 amide bonds. The molecule has 2 aromatic rings. The molecule has 0 aliphatic heterocycles. The molecule has 1 aromatic carbocycles. The van der Waals surface area contributed by atoms with Crippen molar-refractivity contribution in [1.29, 1.82) is 0 Å². The molecule has 2 heteroatoms. The third-order valence-corrected chi connectivity index (χ3v) is 4.14. The summed E-state index contributed by atoms with van der Waals surface area (Å²) in [5, 5.41) is 10.4. The smallest absolute Gasteiger partial charge is 0.113 e. The van der Waals surface area contributed by atoms with Crippen LogP contribution in [0, 0.1) is 13.8 Å². The standard InChI is InChI=1S/C15H18OS/c1-4-13-5-6-14(17-13)15(16)12-8-10(2)7-11(3)9-12/h5-9,15-16H,4H2,1-3H3. The molecule has 0 saturated heterocycles. The van der Waals surface area contributed by atoms with Crippen LogP contribution in [-0.2, 0) is 6.42 Å². The van der Waals surface area contributed by atoms with Gasteiger partial charge in [0.1, 0.15) is 6.10 Å². The van der Waals surface area contributed by atoms with E-state index in [0.717, 1.165) is 16.9 Å². The summed E-state index contributed by atoms with van der Waals surface area (Å²) in [5.41, 5.74) is 3.39. The van der Waals surface area contributed by atoms with E-state index in [0.29, 0.717) is 0 Å². The Morgan fingerprint density at radius 2 is 1.76 bits per heavy atom. The minimum atomic E-state index is -0.487. The summed E-state index contributed by atoms with van der Waals surface area (Å²) in [7, 11) is 0. The van der Waals surface area contributed by atoms with Gasteiger partial charge in [-0.2, -0.15) is 0 Å². The van der Waals surface area contributed by atoms with Crippen LogP contribution in [0.25, 0.3) is 0 Å². The van der Waals surface area contributed by atoms with Gasteiger partial charge >= 0.3 is 0 Å². The number of hydrogen-bond donors (Lipinski definition) is 1. The van der Waals surface area contributed by atoms with Gasteiger partial charge in [0.05, 0.1) is 0 Å². The Labute approximate surface area is 107 Å². The fourth-order valence-corrected chi connectivity index (χ4v) is 3.03. The molecule has 1 atom stereocenters. The minimum absolute atomic E-state index is 0.487. The maximum absolute atomic E-state index is 10.4. The highest BCUT2D eigenvalue weighted by Crippen LogP contribution is 2.29. The first-order valence-electron chi connectivity index (χ1n) is 5.95. The van der Waals surface area contributed by atoms with Crippen molar-refractivity contribution in [2.45, 2.75) is 33.3 Å². The average Bonchev–Trinajstić information content (AvgIpc) is 2.75. The van der Waals surface area contributed by atoms with E-state index in [1.54, 1.807) is 11.3 Å². The van der Waals surface area contributed by atoms with E-state index in [1.807, 2.05) is 6.07 Å². The van der Waals surface area contributed by atoms with E-state index in [1.165, 1.54) is 16.0 Å². The van der Waals surface area contributed by atoms with Crippen LogP contribution in [0.5, 0.6) is 0 Å². The van der Waals surface area contributed by atoms with Crippen LogP contribution in [0.3, 0.4) is 0 Å². The molecule has 0 aliphatic rings. The van der Waals surface area contributed by atoms with Crippen LogP contribution >= 0.6 is 11.3 Å². The Morgan fingerprint density at radius 3 is 2.29 bits per heavy atom. The first kappa shape index (κ1) is 12.3. The second-order valence-electron chi connectivity index (χ2n) is 4.48. The van der Waals surface area contributed by atoms with Crippen molar-refractivity contribution in [2.75, 3.05) is 0 Å². The first-order chi connectivity index (χ1) is 8.10. The van der Waals surface area contributed by atoms with Crippen molar-refractivity contribution < 1.29 is 5.11 Å². The molecule has 1 N–H and O–H groups in total. The summed E-state index contributed by atoms with van der Waals surface area (Å²) in [6, 6.07) is 10.4. The van der Waals surface area contributed by atoms with Crippen LogP contribution in [0.4, 0.5) is 0 Å². The number of hydrogen-bond acceptors (Lipinski definition) is 2. The van der Waals surface area contributed by atoms with E-state index in [9.17, 15) is 5.11 Å². The SMILES string of the molecule is CCc1ccc(C(O)c2cc(C)cc(C)c2)s1. The number of aryl methyl sites for hydroxylation is 3. The van der Waals surface area contributed by atoms with Gasteiger partial charge in [-0.15, -0.1) is 11.3 Å². The molecular formula is C15H18OS. The molecule has 0 bridgehead atoms. The van der Waals surface area contributed by atoms with Gasteiger partial charge in [0.2, 0.25) is 0 Å². The summed E-state index contributed by atoms with van der Waals surface area (Å²) in [6.07, 6.45) is 0.545. The van der Waals surface area contributed by atoms with Crippen LogP contribution in [0.2, 0.25) is 0 Å². The minimum Gasteiger partial charge on any atom is -0.383 e. The highest BCUT2D eigenvalue weighted by molar-refractivity contribution is 7.12. The zero-order chi connectivity index (χ0) is 12.4. The molecule has 17 heavy (non-hydrogen) atoms. The Bertz CT molecular complexity index is 493. The fourth-order valence-electron chi connectivity index (χ4n) is 2.06. The van der Waals surface area contributed by atoms with Crippen molar-refractivity contribution in [3.05, 3.63) is 56.8 Å². The van der Waals surface area contributed by atoms with Crippen molar-refractivity contribution in [3.8, 4) is 0 Å². The maximum Gasteiger partial charge on any atom is 0.113 e. The molecule has 0 saturated carbocycles. The van der Waals surface area contributed by atoms with Gasteiger partial charge in [-0.1, -0.05) is 36.2 Å². The van der Waals surface area contributed by atoms with E-state index >= 15 is 0 Å². The van der Waals surface area contributed by atoms with Crippen molar-refractivity contribution in [3.63, 3.8) is 0 Å². The van der Waals surface area contributed by atoms with Gasteiger partial charge in [-0.3, -0.25) is 0 Å². The molecule has 0 fully saturated rings. The lowest BCUT2D eigenvalue weighted by Gasteiger charge is -2.11. The average molecular weight is 246 g/mol. The number of benzene rings is 1. The Balaban J connectivity index is 2.32. The van der Waals surface area contributed by atoms with Gasteiger partial charge in [-0.05, 0) is 38.0 Å². The Morgan fingerprint density at radius 1 is 1.12 bits per heavy atom. The predicted octanol–water partition coefficient (Wildman–Crippen LogP) is 4.01. The highest BCUT2D eigenvalue weighted by atomic mass is 32.1. The van der Waals surface area contributed by atoms with E-state index in [2.05, 4.69) is 45.0 Å². The number of aliphatic hydroxyl groups excluding tert-OH is 1. The fraction of sp³-hybridized carbons (Fsp3) is 0.333. The van der Waals surface area contributed by atoms with Gasteiger partial charge in [0, 0.05) is 9.75 Å². The molecule has 0 spiro atoms. The van der Waals surface area contributed by atoms with E-state index < -0.39 is 6.10 Å². The first-order valence-corrected chi connectivity index (χ1v) is 6.76. The summed E-state index contributed by atoms with van der Waals surface area (Å²) in [5.74, 6) is 0. The van der Waals surface area contributed by atoms with E-state index in [-0.39, 0.29) is 0 Å². The Kier molecular flexibility index (Phi) is 3.65. The molecule has 1 unspecified atom stereocenters. The van der Waals surface area contributed by atoms with E-state index in [4.69, 9.17) is 0 Å². The van der Waals surface area contributed by atoms with Crippen LogP contribution in [0.15, 0.2) is 30.3 Å². The lowest BCUT2D eigenvalue weighted by atomic mass is 10.0. The monoisotopic (exact) mass is 246 g/mol. The van der Waals surface area contributed by atoms with Crippen molar-refractivity contribution in [1.82, 2.24) is 0 Å². The molecule has 90 valence electrons. The summed E-state index contributed by atoms with van der Waals surface area (Å²) in [6.45, 7) is 6.27. The quantitative estimate of drug-likeness (QED) is 0.867.